The van der Waals surface area contributed by atoms with Gasteiger partial charge in [0.15, 0.2) is 0 Å². The first-order chi connectivity index (χ1) is 9.10. The van der Waals surface area contributed by atoms with Crippen molar-refractivity contribution in [3.8, 4) is 11.3 Å². The first kappa shape index (κ1) is 14.1. The molecule has 2 aromatic rings. The maximum atomic E-state index is 13.7. The van der Waals surface area contributed by atoms with Gasteiger partial charge in [0, 0.05) is 15.4 Å². The molecule has 0 radical (unpaired) electrons. The summed E-state index contributed by atoms with van der Waals surface area (Å²) in [5.74, 6) is -0.658. The molecule has 0 aliphatic heterocycles. The number of nitrogens with zero attached hydrogens (tertiary/aromatic N) is 1. The van der Waals surface area contributed by atoms with Gasteiger partial charge < -0.3 is 4.74 Å². The second-order valence-corrected chi connectivity index (χ2v) is 5.59. The fourth-order valence-electron chi connectivity index (χ4n) is 1.55. The van der Waals surface area contributed by atoms with E-state index in [0.29, 0.717) is 22.9 Å². The van der Waals surface area contributed by atoms with Gasteiger partial charge in [-0.25, -0.2) is 9.37 Å². The zero-order chi connectivity index (χ0) is 13.8. The van der Waals surface area contributed by atoms with Crippen LogP contribution in [-0.2, 0) is 16.0 Å². The van der Waals surface area contributed by atoms with Gasteiger partial charge in [-0.1, -0.05) is 15.9 Å². The molecule has 0 fully saturated rings. The van der Waals surface area contributed by atoms with Crippen LogP contribution < -0.4 is 0 Å². The van der Waals surface area contributed by atoms with E-state index < -0.39 is 0 Å². The topological polar surface area (TPSA) is 39.2 Å². The third-order valence-electron chi connectivity index (χ3n) is 2.36. The highest BCUT2D eigenvalue weighted by Crippen LogP contribution is 2.27. The molecular formula is C13H11BrFNO2S. The number of ether oxygens (including phenoxy) is 1. The molecule has 0 N–H and O–H groups in total. The molecule has 3 nitrogen and oxygen atoms in total. The Morgan fingerprint density at radius 3 is 3.05 bits per heavy atom. The van der Waals surface area contributed by atoms with Gasteiger partial charge in [0.05, 0.1) is 18.7 Å². The fraction of sp³-hybridized carbons (Fsp3) is 0.231. The van der Waals surface area contributed by atoms with Gasteiger partial charge in [-0.3, -0.25) is 4.79 Å². The van der Waals surface area contributed by atoms with Crippen molar-refractivity contribution < 1.29 is 13.9 Å². The van der Waals surface area contributed by atoms with Gasteiger partial charge in [-0.2, -0.15) is 0 Å². The van der Waals surface area contributed by atoms with Gasteiger partial charge in [-0.05, 0) is 25.1 Å². The maximum absolute atomic E-state index is 13.7. The number of hydrogen-bond acceptors (Lipinski definition) is 4. The quantitative estimate of drug-likeness (QED) is 0.792. The number of carbonyl (C=O) groups excluding carboxylic acids is 1. The molecule has 6 heteroatoms. The molecule has 1 heterocycles. The highest BCUT2D eigenvalue weighted by atomic mass is 79.9. The molecular weight excluding hydrogens is 333 g/mol. The lowest BCUT2D eigenvalue weighted by molar-refractivity contribution is -0.142. The third kappa shape index (κ3) is 3.61. The number of hydrogen-bond donors (Lipinski definition) is 0. The van der Waals surface area contributed by atoms with Crippen LogP contribution in [0, 0.1) is 5.82 Å². The van der Waals surface area contributed by atoms with Gasteiger partial charge in [-0.15, -0.1) is 11.3 Å². The van der Waals surface area contributed by atoms with Crippen molar-refractivity contribution in [2.45, 2.75) is 13.3 Å². The first-order valence-electron chi connectivity index (χ1n) is 5.65. The number of esters is 1. The predicted molar refractivity (Wildman–Crippen MR) is 75.5 cm³/mol. The number of rotatable bonds is 4. The van der Waals surface area contributed by atoms with E-state index in [1.165, 1.54) is 17.4 Å². The SMILES string of the molecule is CCOC(=O)Cc1nc(-c2cc(Br)ccc2F)cs1. The molecule has 0 aliphatic carbocycles. The minimum Gasteiger partial charge on any atom is -0.466 e. The summed E-state index contributed by atoms with van der Waals surface area (Å²) in [6, 6.07) is 4.67. The molecule has 0 amide bonds. The Morgan fingerprint density at radius 2 is 2.32 bits per heavy atom. The average Bonchev–Trinajstić information content (AvgIpc) is 2.81. The lowest BCUT2D eigenvalue weighted by Gasteiger charge is -2.00. The normalized spacial score (nSPS) is 10.5. The standard InChI is InChI=1S/C13H11BrFNO2S/c1-2-18-13(17)6-12-16-11(7-19-12)9-5-8(14)3-4-10(9)15/h3-5,7H,2,6H2,1H3. The molecule has 100 valence electrons. The van der Waals surface area contributed by atoms with E-state index in [1.54, 1.807) is 24.4 Å². The van der Waals surface area contributed by atoms with Crippen molar-refractivity contribution >= 4 is 33.2 Å². The summed E-state index contributed by atoms with van der Waals surface area (Å²) >= 11 is 4.62. The second-order valence-electron chi connectivity index (χ2n) is 3.73. The summed E-state index contributed by atoms with van der Waals surface area (Å²) < 4.78 is 19.3. The van der Waals surface area contributed by atoms with Crippen molar-refractivity contribution in [2.75, 3.05) is 6.61 Å². The molecule has 0 unspecified atom stereocenters. The predicted octanol–water partition coefficient (Wildman–Crippen LogP) is 3.82. The highest BCUT2D eigenvalue weighted by Gasteiger charge is 2.12. The van der Waals surface area contributed by atoms with E-state index in [1.807, 2.05) is 0 Å². The Balaban J connectivity index is 2.21. The van der Waals surface area contributed by atoms with Gasteiger partial charge >= 0.3 is 5.97 Å². The van der Waals surface area contributed by atoms with Gasteiger partial charge in [0.25, 0.3) is 0 Å². The molecule has 2 rings (SSSR count). The van der Waals surface area contributed by atoms with E-state index in [-0.39, 0.29) is 18.2 Å². The molecule has 0 atom stereocenters. The number of carbonyl (C=O) groups is 1. The van der Waals surface area contributed by atoms with Crippen molar-refractivity contribution in [1.29, 1.82) is 0 Å². The van der Waals surface area contributed by atoms with Crippen LogP contribution >= 0.6 is 27.3 Å². The van der Waals surface area contributed by atoms with Crippen molar-refractivity contribution in [2.24, 2.45) is 0 Å². The number of benzene rings is 1. The van der Waals surface area contributed by atoms with E-state index in [4.69, 9.17) is 4.74 Å². The van der Waals surface area contributed by atoms with Crippen molar-refractivity contribution in [3.63, 3.8) is 0 Å². The fourth-order valence-corrected chi connectivity index (χ4v) is 2.69. The summed E-state index contributed by atoms with van der Waals surface area (Å²) in [7, 11) is 0. The van der Waals surface area contributed by atoms with Gasteiger partial charge in [0.1, 0.15) is 10.8 Å². The first-order valence-corrected chi connectivity index (χ1v) is 7.33. The van der Waals surface area contributed by atoms with E-state index >= 15 is 0 Å². The maximum Gasteiger partial charge on any atom is 0.312 e. The molecule has 0 aliphatic rings. The zero-order valence-electron chi connectivity index (χ0n) is 10.2. The Labute approximate surface area is 122 Å². The Kier molecular flexibility index (Phi) is 4.66. The summed E-state index contributed by atoms with van der Waals surface area (Å²) in [6.45, 7) is 2.10. The molecule has 0 bridgehead atoms. The lowest BCUT2D eigenvalue weighted by atomic mass is 10.1. The Hall–Kier alpha value is -1.27. The van der Waals surface area contributed by atoms with E-state index in [0.717, 1.165) is 4.47 Å². The monoisotopic (exact) mass is 343 g/mol. The average molecular weight is 344 g/mol. The molecule has 19 heavy (non-hydrogen) atoms. The molecule has 0 saturated carbocycles. The lowest BCUT2D eigenvalue weighted by Crippen LogP contribution is -2.07. The number of aromatic nitrogens is 1. The van der Waals surface area contributed by atoms with E-state index in [9.17, 15) is 9.18 Å². The minimum absolute atomic E-state index is 0.119. The van der Waals surface area contributed by atoms with E-state index in [2.05, 4.69) is 20.9 Å². The minimum atomic E-state index is -0.337. The van der Waals surface area contributed by atoms with Crippen LogP contribution in [-0.4, -0.2) is 17.6 Å². The van der Waals surface area contributed by atoms with Crippen LogP contribution in [0.4, 0.5) is 4.39 Å². The van der Waals surface area contributed by atoms with Crippen LogP contribution in [0.5, 0.6) is 0 Å². The van der Waals surface area contributed by atoms with Crippen LogP contribution in [0.3, 0.4) is 0 Å². The molecule has 1 aromatic heterocycles. The van der Waals surface area contributed by atoms with Crippen molar-refractivity contribution in [1.82, 2.24) is 4.98 Å². The van der Waals surface area contributed by atoms with Crippen LogP contribution in [0.15, 0.2) is 28.1 Å². The molecule has 0 spiro atoms. The van der Waals surface area contributed by atoms with Gasteiger partial charge in [0.2, 0.25) is 0 Å². The molecule has 1 aromatic carbocycles. The number of thiazole rings is 1. The smallest absolute Gasteiger partial charge is 0.312 e. The third-order valence-corrected chi connectivity index (χ3v) is 3.70. The number of halogens is 2. The summed E-state index contributed by atoms with van der Waals surface area (Å²) in [6.07, 6.45) is 0.119. The summed E-state index contributed by atoms with van der Waals surface area (Å²) in [5.41, 5.74) is 0.948. The molecule has 0 saturated heterocycles. The second kappa shape index (κ2) is 6.25. The summed E-state index contributed by atoms with van der Waals surface area (Å²) in [5, 5.41) is 2.35. The summed E-state index contributed by atoms with van der Waals surface area (Å²) in [4.78, 5) is 15.6. The zero-order valence-corrected chi connectivity index (χ0v) is 12.6. The Bertz CT molecular complexity index is 600. The largest absolute Gasteiger partial charge is 0.466 e. The highest BCUT2D eigenvalue weighted by molar-refractivity contribution is 9.10. The van der Waals surface area contributed by atoms with Crippen LogP contribution in [0.1, 0.15) is 11.9 Å². The van der Waals surface area contributed by atoms with Crippen LogP contribution in [0.2, 0.25) is 0 Å². The van der Waals surface area contributed by atoms with Crippen LogP contribution in [0.25, 0.3) is 11.3 Å². The Morgan fingerprint density at radius 1 is 1.53 bits per heavy atom. The van der Waals surface area contributed by atoms with Crippen molar-refractivity contribution in [3.05, 3.63) is 38.9 Å².